The average Bonchev–Trinajstić information content (AvgIpc) is 2.95. The minimum absolute atomic E-state index is 0.00855. The molecule has 0 saturated carbocycles. The molecule has 1 aliphatic heterocycles. The highest BCUT2D eigenvalue weighted by Crippen LogP contribution is 2.44. The number of aliphatic imine (C=N–C) groups is 1. The van der Waals surface area contributed by atoms with E-state index in [1.165, 1.54) is 38.7 Å². The van der Waals surface area contributed by atoms with Gasteiger partial charge in [-0.3, -0.25) is 9.79 Å². The number of fused-ring (bicyclic) bond motifs is 2. The summed E-state index contributed by atoms with van der Waals surface area (Å²) in [4.78, 5) is 41.1. The number of nitrogens with zero attached hydrogens (tertiary/aromatic N) is 2. The van der Waals surface area contributed by atoms with E-state index in [1.54, 1.807) is 39.0 Å². The van der Waals surface area contributed by atoms with Gasteiger partial charge in [0, 0.05) is 43.6 Å². The lowest BCUT2D eigenvalue weighted by Gasteiger charge is -2.28. The molecule has 1 aromatic rings. The van der Waals surface area contributed by atoms with Crippen LogP contribution in [-0.4, -0.2) is 67.0 Å². The number of anilines is 1. The number of nitrogens with two attached hydrogens (primary N) is 1. The molecular weight excluding hydrogens is 556 g/mol. The van der Waals surface area contributed by atoms with Gasteiger partial charge in [-0.1, -0.05) is 56.0 Å². The first-order chi connectivity index (χ1) is 20.4. The predicted octanol–water partition coefficient (Wildman–Crippen LogP) is 5.22. The van der Waals surface area contributed by atoms with Gasteiger partial charge in [-0.05, 0) is 38.2 Å². The van der Waals surface area contributed by atoms with Gasteiger partial charge in [0.15, 0.2) is 6.10 Å². The Morgan fingerprint density at radius 3 is 2.49 bits per heavy atom. The van der Waals surface area contributed by atoms with Crippen molar-refractivity contribution in [3.05, 3.63) is 64.6 Å². The van der Waals surface area contributed by atoms with Crippen LogP contribution < -0.4 is 11.1 Å². The molecule has 5 N–H and O–H groups in total. The van der Waals surface area contributed by atoms with Crippen molar-refractivity contribution in [2.45, 2.75) is 64.9 Å². The predicted molar refractivity (Wildman–Crippen MR) is 166 cm³/mol. The first-order valence-corrected chi connectivity index (χ1v) is 13.8. The Morgan fingerprint density at radius 2 is 1.91 bits per heavy atom. The van der Waals surface area contributed by atoms with Gasteiger partial charge in [-0.15, -0.1) is 0 Å². The van der Waals surface area contributed by atoms with Crippen LogP contribution in [0.25, 0.3) is 0 Å². The molecule has 1 aromatic carbocycles. The number of hydrogen-bond donors (Lipinski definition) is 4. The van der Waals surface area contributed by atoms with Crippen molar-refractivity contribution in [2.75, 3.05) is 19.5 Å². The Morgan fingerprint density at radius 1 is 1.21 bits per heavy atom. The molecule has 6 atom stereocenters. The molecule has 0 radical (unpaired) electrons. The molecule has 2 rings (SSSR count). The highest BCUT2D eigenvalue weighted by Gasteiger charge is 2.32. The minimum atomic E-state index is -1.01. The van der Waals surface area contributed by atoms with E-state index in [2.05, 4.69) is 22.1 Å². The SMILES string of the molecule is C=CC=Nc1c(O)cc2c(O)c1C[C@@H](C)C[C@H](OC)C(N=O)[C@@H](C)/C=C(\C)[C@H](OC(N)=O)[C@@H](OC)/C=C\C=C(/C)C(=O)N2. The fraction of sp³-hybridized carbons (Fsp3) is 0.452. The van der Waals surface area contributed by atoms with E-state index >= 15 is 0 Å². The summed E-state index contributed by atoms with van der Waals surface area (Å²) in [5.74, 6) is -1.71. The molecule has 0 aliphatic carbocycles. The number of carbonyl (C=O) groups is 2. The standard InChI is InChI=1S/C31H42N4O8/c1-8-12-33-27-21-13-17(2)14-25(42-7)26(35-40)19(4)15-20(5)29(43-31(32)39)24(41-6)11-9-10-18(3)30(38)34-22(28(21)37)16-23(27)36/h8-12,15-17,19,24-26,29,36-37H,1,13-14H2,2-7H3,(H2,32,39)(H,34,38)/b11-9-,18-10+,20-15+,33-12?/t17-,19+,24+,25+,26?,29+/m1/s1. The highest BCUT2D eigenvalue weighted by atomic mass is 16.6. The number of rotatable bonds is 6. The number of ether oxygens (including phenoxy) is 3. The normalized spacial score (nSPS) is 29.0. The molecule has 2 amide bonds. The van der Waals surface area contributed by atoms with E-state index < -0.39 is 42.3 Å². The molecule has 1 unspecified atom stereocenters. The first-order valence-electron chi connectivity index (χ1n) is 13.8. The van der Waals surface area contributed by atoms with Crippen LogP contribution in [0.1, 0.15) is 39.7 Å². The van der Waals surface area contributed by atoms with E-state index in [0.717, 1.165) is 0 Å². The third kappa shape index (κ3) is 9.35. The van der Waals surface area contributed by atoms with Crippen LogP contribution in [0.3, 0.4) is 0 Å². The Labute approximate surface area is 252 Å². The fourth-order valence-electron chi connectivity index (χ4n) is 5.03. The van der Waals surface area contributed by atoms with Gasteiger partial charge < -0.3 is 35.5 Å². The van der Waals surface area contributed by atoms with Gasteiger partial charge in [-0.2, -0.15) is 4.91 Å². The van der Waals surface area contributed by atoms with E-state index in [4.69, 9.17) is 19.9 Å². The Kier molecular flexibility index (Phi) is 13.3. The Bertz CT molecular complexity index is 1300. The van der Waals surface area contributed by atoms with Gasteiger partial charge >= 0.3 is 6.09 Å². The van der Waals surface area contributed by atoms with Crippen LogP contribution in [-0.2, 0) is 25.4 Å². The zero-order chi connectivity index (χ0) is 32.3. The second-order valence-corrected chi connectivity index (χ2v) is 10.6. The van der Waals surface area contributed by atoms with E-state index in [1.807, 2.05) is 6.92 Å². The second-order valence-electron chi connectivity index (χ2n) is 10.6. The number of carbonyl (C=O) groups excluding carboxylic acids is 2. The number of phenolic OH excluding ortho intramolecular Hbond substituents is 2. The number of phenols is 2. The van der Waals surface area contributed by atoms with Gasteiger partial charge in [0.2, 0.25) is 0 Å². The number of primary amides is 1. The number of nitrogens with one attached hydrogen (secondary N) is 1. The van der Waals surface area contributed by atoms with E-state index in [0.29, 0.717) is 17.6 Å². The summed E-state index contributed by atoms with van der Waals surface area (Å²) in [5.41, 5.74) is 6.60. The van der Waals surface area contributed by atoms with Gasteiger partial charge in [0.05, 0.1) is 11.8 Å². The number of allylic oxidation sites excluding steroid dienone is 3. The highest BCUT2D eigenvalue weighted by molar-refractivity contribution is 6.04. The lowest BCUT2D eigenvalue weighted by molar-refractivity contribution is -0.112. The fourth-order valence-corrected chi connectivity index (χ4v) is 5.03. The van der Waals surface area contributed by atoms with Crippen molar-refractivity contribution in [3.8, 4) is 11.5 Å². The Balaban J connectivity index is 2.74. The molecule has 0 spiro atoms. The van der Waals surface area contributed by atoms with Crippen molar-refractivity contribution < 1.29 is 34.0 Å². The van der Waals surface area contributed by atoms with Crippen molar-refractivity contribution >= 4 is 29.6 Å². The molecule has 1 aliphatic rings. The number of methoxy groups -OCH3 is 2. The average molecular weight is 599 g/mol. The molecule has 2 bridgehead atoms. The maximum atomic E-state index is 13.0. The zero-order valence-corrected chi connectivity index (χ0v) is 25.4. The maximum Gasteiger partial charge on any atom is 0.405 e. The summed E-state index contributed by atoms with van der Waals surface area (Å²) < 4.78 is 16.6. The molecule has 0 aromatic heterocycles. The van der Waals surface area contributed by atoms with Crippen molar-refractivity contribution in [1.29, 1.82) is 0 Å². The monoisotopic (exact) mass is 598 g/mol. The molecular formula is C31H42N4O8. The minimum Gasteiger partial charge on any atom is -0.506 e. The van der Waals surface area contributed by atoms with Gasteiger partial charge in [-0.25, -0.2) is 4.79 Å². The molecule has 0 fully saturated rings. The molecule has 12 heteroatoms. The molecule has 43 heavy (non-hydrogen) atoms. The van der Waals surface area contributed by atoms with Crippen LogP contribution >= 0.6 is 0 Å². The molecule has 1 heterocycles. The number of hydrogen-bond acceptors (Lipinski definition) is 10. The Hall–Kier alpha value is -4.29. The first kappa shape index (κ1) is 34.9. The summed E-state index contributed by atoms with van der Waals surface area (Å²) in [6, 6.07) is 0.391. The molecule has 0 saturated heterocycles. The topological polar surface area (TPSA) is 182 Å². The maximum absolute atomic E-state index is 13.0. The summed E-state index contributed by atoms with van der Waals surface area (Å²) in [6.45, 7) is 10.6. The van der Waals surface area contributed by atoms with Crippen LogP contribution in [0.2, 0.25) is 0 Å². The lowest BCUT2D eigenvalue weighted by Crippen LogP contribution is -2.36. The van der Waals surface area contributed by atoms with E-state index in [9.17, 15) is 24.7 Å². The van der Waals surface area contributed by atoms with Gasteiger partial charge in [0.1, 0.15) is 29.3 Å². The third-order valence-electron chi connectivity index (χ3n) is 7.23. The molecule has 234 valence electrons. The van der Waals surface area contributed by atoms with Gasteiger partial charge in [0.25, 0.3) is 5.91 Å². The molecule has 12 nitrogen and oxygen atoms in total. The summed E-state index contributed by atoms with van der Waals surface area (Å²) in [5, 5.41) is 28.0. The number of nitroso groups, excluding NO2 is 1. The third-order valence-corrected chi connectivity index (χ3v) is 7.23. The van der Waals surface area contributed by atoms with Crippen LogP contribution in [0.5, 0.6) is 11.5 Å². The van der Waals surface area contributed by atoms with Crippen LogP contribution in [0.15, 0.2) is 64.3 Å². The number of amides is 2. The summed E-state index contributed by atoms with van der Waals surface area (Å²) in [7, 11) is 2.91. The summed E-state index contributed by atoms with van der Waals surface area (Å²) in [6.07, 6.45) is 6.40. The van der Waals surface area contributed by atoms with Crippen molar-refractivity contribution in [3.63, 3.8) is 0 Å². The zero-order valence-electron chi connectivity index (χ0n) is 25.4. The quantitative estimate of drug-likeness (QED) is 0.113. The smallest absolute Gasteiger partial charge is 0.405 e. The second kappa shape index (κ2) is 16.4. The van der Waals surface area contributed by atoms with Crippen molar-refractivity contribution in [2.24, 2.45) is 27.7 Å². The number of aromatic hydroxyl groups is 2. The number of benzene rings is 1. The largest absolute Gasteiger partial charge is 0.506 e. The lowest BCUT2D eigenvalue weighted by atomic mass is 9.86. The van der Waals surface area contributed by atoms with Crippen LogP contribution in [0, 0.1) is 16.7 Å². The van der Waals surface area contributed by atoms with Crippen molar-refractivity contribution in [1.82, 2.24) is 0 Å². The summed E-state index contributed by atoms with van der Waals surface area (Å²) >= 11 is 0. The van der Waals surface area contributed by atoms with Crippen LogP contribution in [0.4, 0.5) is 16.2 Å². The van der Waals surface area contributed by atoms with E-state index in [-0.39, 0.29) is 40.8 Å².